The second-order valence-electron chi connectivity index (χ2n) is 4.77. The zero-order valence-corrected chi connectivity index (χ0v) is 15.0. The Hall–Kier alpha value is -1.46. The maximum absolute atomic E-state index is 12.4. The van der Waals surface area contributed by atoms with Gasteiger partial charge in [0.2, 0.25) is 0 Å². The highest BCUT2D eigenvalue weighted by atomic mass is 79.9. The lowest BCUT2D eigenvalue weighted by Gasteiger charge is -2.10. The minimum absolute atomic E-state index is 0.0487. The van der Waals surface area contributed by atoms with Crippen molar-refractivity contribution in [2.24, 2.45) is 0 Å². The van der Waals surface area contributed by atoms with Crippen LogP contribution < -0.4 is 10.1 Å². The van der Waals surface area contributed by atoms with Gasteiger partial charge in [-0.15, -0.1) is 0 Å². The molecule has 1 N–H and O–H groups in total. The van der Waals surface area contributed by atoms with Crippen molar-refractivity contribution in [3.8, 4) is 5.75 Å². The molecule has 5 heteroatoms. The first-order chi connectivity index (χ1) is 10.6. The first-order valence-electron chi connectivity index (χ1n) is 6.82. The van der Waals surface area contributed by atoms with E-state index in [-0.39, 0.29) is 5.91 Å². The Bertz CT molecular complexity index is 644. The molecule has 0 atom stereocenters. The van der Waals surface area contributed by atoms with Crippen molar-refractivity contribution >= 4 is 33.6 Å². The number of amides is 1. The lowest BCUT2D eigenvalue weighted by Crippen LogP contribution is -2.23. The third-order valence-corrected chi connectivity index (χ3v) is 4.32. The molecule has 0 spiro atoms. The average molecular weight is 380 g/mol. The predicted octanol–water partition coefficient (Wildman–Crippen LogP) is 4.25. The molecule has 0 unspecified atom stereocenters. The topological polar surface area (TPSA) is 38.3 Å². The Labute approximate surface area is 143 Å². The fourth-order valence-electron chi connectivity index (χ4n) is 2.08. The number of hydrogen-bond donors (Lipinski definition) is 1. The molecule has 2 aromatic carbocycles. The largest absolute Gasteiger partial charge is 0.497 e. The van der Waals surface area contributed by atoms with Crippen molar-refractivity contribution in [3.63, 3.8) is 0 Å². The number of hydrogen-bond acceptors (Lipinski definition) is 3. The summed E-state index contributed by atoms with van der Waals surface area (Å²) in [5.74, 6) is 1.57. The molecule has 0 aliphatic carbocycles. The number of carbonyl (C=O) groups excluding carboxylic acids is 1. The number of carbonyl (C=O) groups is 1. The van der Waals surface area contributed by atoms with Crippen LogP contribution in [0.25, 0.3) is 0 Å². The summed E-state index contributed by atoms with van der Waals surface area (Å²) in [4.78, 5) is 12.4. The van der Waals surface area contributed by atoms with Crippen LogP contribution >= 0.6 is 27.7 Å². The Morgan fingerprint density at radius 1 is 1.23 bits per heavy atom. The van der Waals surface area contributed by atoms with Crippen LogP contribution in [0, 0.1) is 0 Å². The molecular formula is C17H18BrNO2S. The molecule has 3 nitrogen and oxygen atoms in total. The first-order valence-corrected chi connectivity index (χ1v) is 9.01. The summed E-state index contributed by atoms with van der Waals surface area (Å²) in [7, 11) is 1.64. The molecule has 0 aromatic heterocycles. The van der Waals surface area contributed by atoms with Gasteiger partial charge in [0.25, 0.3) is 5.91 Å². The van der Waals surface area contributed by atoms with Gasteiger partial charge in [0.05, 0.1) is 7.11 Å². The molecule has 1 amide bonds. The van der Waals surface area contributed by atoms with E-state index in [1.54, 1.807) is 18.9 Å². The minimum atomic E-state index is -0.0487. The van der Waals surface area contributed by atoms with E-state index in [2.05, 4.69) is 21.2 Å². The fraction of sp³-hybridized carbons (Fsp3) is 0.235. The van der Waals surface area contributed by atoms with E-state index in [1.807, 2.05) is 48.7 Å². The molecule has 0 aliphatic rings. The van der Waals surface area contributed by atoms with Crippen molar-refractivity contribution in [1.82, 2.24) is 5.32 Å². The molecule has 0 fully saturated rings. The van der Waals surface area contributed by atoms with Crippen molar-refractivity contribution < 1.29 is 9.53 Å². The molecule has 0 heterocycles. The zero-order valence-electron chi connectivity index (χ0n) is 12.6. The van der Waals surface area contributed by atoms with Crippen molar-refractivity contribution in [2.75, 3.05) is 13.4 Å². The van der Waals surface area contributed by atoms with Crippen LogP contribution in [0.3, 0.4) is 0 Å². The molecule has 0 aliphatic heterocycles. The lowest BCUT2D eigenvalue weighted by molar-refractivity contribution is 0.0950. The molecule has 0 radical (unpaired) electrons. The second-order valence-corrected chi connectivity index (χ2v) is 6.55. The van der Waals surface area contributed by atoms with Crippen LogP contribution in [-0.2, 0) is 12.3 Å². The van der Waals surface area contributed by atoms with Gasteiger partial charge in [0, 0.05) is 22.3 Å². The van der Waals surface area contributed by atoms with Crippen molar-refractivity contribution in [3.05, 3.63) is 63.6 Å². The van der Waals surface area contributed by atoms with Gasteiger partial charge < -0.3 is 10.1 Å². The summed E-state index contributed by atoms with van der Waals surface area (Å²) in [6.45, 7) is 0.498. The van der Waals surface area contributed by atoms with E-state index in [1.165, 1.54) is 0 Å². The molecule has 0 saturated heterocycles. The maximum Gasteiger partial charge on any atom is 0.251 e. The van der Waals surface area contributed by atoms with Crippen LogP contribution in [-0.4, -0.2) is 19.3 Å². The zero-order chi connectivity index (χ0) is 15.9. The SMILES string of the molecule is COc1ccc(CNC(=O)c2ccc(Br)cc2CSC)cc1. The normalized spacial score (nSPS) is 10.3. The Balaban J connectivity index is 2.05. The lowest BCUT2D eigenvalue weighted by atomic mass is 10.1. The monoisotopic (exact) mass is 379 g/mol. The van der Waals surface area contributed by atoms with Crippen molar-refractivity contribution in [1.29, 1.82) is 0 Å². The number of ether oxygens (including phenoxy) is 1. The number of thioether (sulfide) groups is 1. The summed E-state index contributed by atoms with van der Waals surface area (Å²) in [5, 5.41) is 2.97. The predicted molar refractivity (Wildman–Crippen MR) is 95.5 cm³/mol. The third kappa shape index (κ3) is 4.52. The Kier molecular flexibility index (Phi) is 6.34. The second kappa shape index (κ2) is 8.25. The number of rotatable bonds is 6. The molecular weight excluding hydrogens is 362 g/mol. The molecule has 116 valence electrons. The smallest absolute Gasteiger partial charge is 0.251 e. The maximum atomic E-state index is 12.4. The standard InChI is InChI=1S/C17H18BrNO2S/c1-21-15-6-3-12(4-7-15)10-19-17(20)16-8-5-14(18)9-13(16)11-22-2/h3-9H,10-11H2,1-2H3,(H,19,20). The molecule has 2 aromatic rings. The van der Waals surface area contributed by atoms with Crippen LogP contribution in [0.15, 0.2) is 46.9 Å². The number of nitrogens with one attached hydrogen (secondary N) is 1. The van der Waals surface area contributed by atoms with Gasteiger partial charge in [-0.25, -0.2) is 0 Å². The summed E-state index contributed by atoms with van der Waals surface area (Å²) in [5.41, 5.74) is 2.80. The van der Waals surface area contributed by atoms with Gasteiger partial charge in [-0.3, -0.25) is 4.79 Å². The van der Waals surface area contributed by atoms with Gasteiger partial charge in [0.15, 0.2) is 0 Å². The minimum Gasteiger partial charge on any atom is -0.497 e. The number of benzene rings is 2. The van der Waals surface area contributed by atoms with E-state index in [0.29, 0.717) is 6.54 Å². The van der Waals surface area contributed by atoms with E-state index in [0.717, 1.165) is 32.7 Å². The van der Waals surface area contributed by atoms with Gasteiger partial charge in [0.1, 0.15) is 5.75 Å². The van der Waals surface area contributed by atoms with Crippen LogP contribution in [0.5, 0.6) is 5.75 Å². The molecule has 2 rings (SSSR count). The summed E-state index contributed by atoms with van der Waals surface area (Å²) in [6.07, 6.45) is 2.03. The van der Waals surface area contributed by atoms with Gasteiger partial charge in [-0.05, 0) is 47.7 Å². The molecule has 22 heavy (non-hydrogen) atoms. The highest BCUT2D eigenvalue weighted by Gasteiger charge is 2.11. The summed E-state index contributed by atoms with van der Waals surface area (Å²) in [6, 6.07) is 13.4. The average Bonchev–Trinajstić information content (AvgIpc) is 2.53. The summed E-state index contributed by atoms with van der Waals surface area (Å²) >= 11 is 5.15. The van der Waals surface area contributed by atoms with Crippen molar-refractivity contribution in [2.45, 2.75) is 12.3 Å². The fourth-order valence-corrected chi connectivity index (χ4v) is 3.04. The van der Waals surface area contributed by atoms with Gasteiger partial charge in [-0.1, -0.05) is 28.1 Å². The van der Waals surface area contributed by atoms with Gasteiger partial charge in [-0.2, -0.15) is 11.8 Å². The van der Waals surface area contributed by atoms with Crippen LogP contribution in [0.1, 0.15) is 21.5 Å². The van der Waals surface area contributed by atoms with Gasteiger partial charge >= 0.3 is 0 Å². The first kappa shape index (κ1) is 16.9. The van der Waals surface area contributed by atoms with E-state index in [4.69, 9.17) is 4.74 Å². The molecule has 0 saturated carbocycles. The quantitative estimate of drug-likeness (QED) is 0.814. The Morgan fingerprint density at radius 2 is 1.95 bits per heavy atom. The number of methoxy groups -OCH3 is 1. The summed E-state index contributed by atoms with van der Waals surface area (Å²) < 4.78 is 6.11. The number of halogens is 1. The highest BCUT2D eigenvalue weighted by molar-refractivity contribution is 9.10. The molecule has 0 bridgehead atoms. The van der Waals surface area contributed by atoms with E-state index < -0.39 is 0 Å². The third-order valence-electron chi connectivity index (χ3n) is 3.22. The Morgan fingerprint density at radius 3 is 2.59 bits per heavy atom. The van der Waals surface area contributed by atoms with E-state index in [9.17, 15) is 4.79 Å². The van der Waals surface area contributed by atoms with Crippen LogP contribution in [0.2, 0.25) is 0 Å². The highest BCUT2D eigenvalue weighted by Crippen LogP contribution is 2.20. The van der Waals surface area contributed by atoms with Crippen LogP contribution in [0.4, 0.5) is 0 Å². The van der Waals surface area contributed by atoms with E-state index >= 15 is 0 Å².